The number of rotatable bonds is 9. The van der Waals surface area contributed by atoms with Gasteiger partial charge in [0.25, 0.3) is 0 Å². The molecule has 0 bridgehead atoms. The zero-order valence-corrected chi connectivity index (χ0v) is 19.3. The van der Waals surface area contributed by atoms with Gasteiger partial charge in [0.1, 0.15) is 13.2 Å². The Morgan fingerprint density at radius 2 is 1.73 bits per heavy atom. The van der Waals surface area contributed by atoms with E-state index in [1.807, 2.05) is 0 Å². The SMILES string of the molecule is Cc1cccc(N2CCN(CCCNC(=O)CCC(=O)c3ccc4c(c3)OCCO4)CC2)c1. The van der Waals surface area contributed by atoms with Gasteiger partial charge in [-0.1, -0.05) is 12.1 Å². The van der Waals surface area contributed by atoms with Gasteiger partial charge in [0.05, 0.1) is 0 Å². The topological polar surface area (TPSA) is 71.1 Å². The van der Waals surface area contributed by atoms with Crippen LogP contribution in [0.2, 0.25) is 0 Å². The van der Waals surface area contributed by atoms with Gasteiger partial charge in [0, 0.05) is 56.8 Å². The highest BCUT2D eigenvalue weighted by atomic mass is 16.6. The predicted molar refractivity (Wildman–Crippen MR) is 128 cm³/mol. The van der Waals surface area contributed by atoms with E-state index < -0.39 is 0 Å². The number of carbonyl (C=O) groups excluding carboxylic acids is 2. The van der Waals surface area contributed by atoms with Crippen LogP contribution in [0.15, 0.2) is 42.5 Å². The van der Waals surface area contributed by atoms with Gasteiger partial charge in [-0.15, -0.1) is 0 Å². The maximum Gasteiger partial charge on any atom is 0.220 e. The molecule has 33 heavy (non-hydrogen) atoms. The van der Waals surface area contributed by atoms with Crippen molar-refractivity contribution in [3.63, 3.8) is 0 Å². The lowest BCUT2D eigenvalue weighted by Gasteiger charge is -2.36. The maximum absolute atomic E-state index is 12.4. The number of nitrogens with zero attached hydrogens (tertiary/aromatic N) is 2. The number of hydrogen-bond donors (Lipinski definition) is 1. The summed E-state index contributed by atoms with van der Waals surface area (Å²) in [5.41, 5.74) is 3.14. The summed E-state index contributed by atoms with van der Waals surface area (Å²) in [5.74, 6) is 1.11. The molecule has 0 spiro atoms. The Bertz CT molecular complexity index is 970. The third-order valence-corrected chi connectivity index (χ3v) is 6.16. The van der Waals surface area contributed by atoms with E-state index in [0.717, 1.165) is 39.1 Å². The second-order valence-corrected chi connectivity index (χ2v) is 8.65. The van der Waals surface area contributed by atoms with Crippen LogP contribution >= 0.6 is 0 Å². The Morgan fingerprint density at radius 3 is 2.52 bits per heavy atom. The molecule has 1 amide bonds. The first-order valence-corrected chi connectivity index (χ1v) is 11.8. The summed E-state index contributed by atoms with van der Waals surface area (Å²) in [6, 6.07) is 13.8. The molecule has 2 aliphatic rings. The molecule has 1 saturated heterocycles. The number of aryl methyl sites for hydroxylation is 1. The molecule has 0 unspecified atom stereocenters. The summed E-state index contributed by atoms with van der Waals surface area (Å²) in [6.45, 7) is 8.85. The van der Waals surface area contributed by atoms with Gasteiger partial charge in [-0.05, 0) is 55.8 Å². The van der Waals surface area contributed by atoms with Crippen molar-refractivity contribution in [3.05, 3.63) is 53.6 Å². The molecule has 1 fully saturated rings. The minimum atomic E-state index is -0.0786. The zero-order chi connectivity index (χ0) is 23.0. The molecular formula is C26H33N3O4. The fraction of sp³-hybridized carbons (Fsp3) is 0.462. The number of amides is 1. The Hall–Kier alpha value is -3.06. The molecule has 4 rings (SSSR count). The van der Waals surface area contributed by atoms with E-state index in [1.165, 1.54) is 11.3 Å². The Kier molecular flexibility index (Phi) is 7.83. The van der Waals surface area contributed by atoms with E-state index in [1.54, 1.807) is 18.2 Å². The second-order valence-electron chi connectivity index (χ2n) is 8.65. The normalized spacial score (nSPS) is 15.8. The van der Waals surface area contributed by atoms with Crippen LogP contribution in [0.4, 0.5) is 5.69 Å². The van der Waals surface area contributed by atoms with Crippen LogP contribution in [0.1, 0.15) is 35.2 Å². The number of ether oxygens (including phenoxy) is 2. The summed E-state index contributed by atoms with van der Waals surface area (Å²) < 4.78 is 11.0. The van der Waals surface area contributed by atoms with Crippen LogP contribution in [0.25, 0.3) is 0 Å². The third-order valence-electron chi connectivity index (χ3n) is 6.16. The molecule has 0 saturated carbocycles. The Labute approximate surface area is 195 Å². The fourth-order valence-corrected chi connectivity index (χ4v) is 4.26. The van der Waals surface area contributed by atoms with Gasteiger partial charge < -0.3 is 19.7 Å². The first-order chi connectivity index (χ1) is 16.1. The summed E-state index contributed by atoms with van der Waals surface area (Å²) in [5, 5.41) is 2.95. The fourth-order valence-electron chi connectivity index (χ4n) is 4.26. The highest BCUT2D eigenvalue weighted by molar-refractivity contribution is 5.98. The molecule has 0 radical (unpaired) electrons. The predicted octanol–water partition coefficient (Wildman–Crippen LogP) is 3.06. The van der Waals surface area contributed by atoms with Crippen LogP contribution in [0.5, 0.6) is 11.5 Å². The van der Waals surface area contributed by atoms with Crippen molar-refractivity contribution in [1.29, 1.82) is 0 Å². The first-order valence-electron chi connectivity index (χ1n) is 11.8. The molecule has 0 atom stereocenters. The minimum Gasteiger partial charge on any atom is -0.486 e. The molecule has 0 aliphatic carbocycles. The number of piperazine rings is 1. The van der Waals surface area contributed by atoms with E-state index in [2.05, 4.69) is 46.3 Å². The average molecular weight is 452 g/mol. The third kappa shape index (κ3) is 6.48. The lowest BCUT2D eigenvalue weighted by molar-refractivity contribution is -0.121. The molecular weight excluding hydrogens is 418 g/mol. The van der Waals surface area contributed by atoms with E-state index in [-0.39, 0.29) is 24.5 Å². The monoisotopic (exact) mass is 451 g/mol. The summed E-state index contributed by atoms with van der Waals surface area (Å²) in [4.78, 5) is 29.5. The maximum atomic E-state index is 12.4. The number of benzene rings is 2. The lowest BCUT2D eigenvalue weighted by Crippen LogP contribution is -2.47. The van der Waals surface area contributed by atoms with E-state index >= 15 is 0 Å². The van der Waals surface area contributed by atoms with Gasteiger partial charge >= 0.3 is 0 Å². The highest BCUT2D eigenvalue weighted by Gasteiger charge is 2.18. The smallest absolute Gasteiger partial charge is 0.220 e. The molecule has 1 N–H and O–H groups in total. The minimum absolute atomic E-state index is 0.0615. The van der Waals surface area contributed by atoms with Gasteiger partial charge in [0.2, 0.25) is 5.91 Å². The van der Waals surface area contributed by atoms with Gasteiger partial charge in [-0.25, -0.2) is 0 Å². The number of ketones is 1. The molecule has 2 heterocycles. The van der Waals surface area contributed by atoms with Gasteiger partial charge in [-0.2, -0.15) is 0 Å². The largest absolute Gasteiger partial charge is 0.486 e. The zero-order valence-electron chi connectivity index (χ0n) is 19.3. The summed E-state index contributed by atoms with van der Waals surface area (Å²) in [7, 11) is 0. The Morgan fingerprint density at radius 1 is 0.939 bits per heavy atom. The van der Waals surface area contributed by atoms with E-state index in [0.29, 0.717) is 36.8 Å². The molecule has 0 aromatic heterocycles. The highest BCUT2D eigenvalue weighted by Crippen LogP contribution is 2.31. The van der Waals surface area contributed by atoms with Crippen molar-refractivity contribution in [1.82, 2.24) is 10.2 Å². The van der Waals surface area contributed by atoms with Crippen molar-refractivity contribution < 1.29 is 19.1 Å². The number of carbonyl (C=O) groups is 2. The van der Waals surface area contributed by atoms with E-state index in [4.69, 9.17) is 9.47 Å². The summed E-state index contributed by atoms with van der Waals surface area (Å²) >= 11 is 0. The molecule has 7 nitrogen and oxygen atoms in total. The second kappa shape index (κ2) is 11.2. The van der Waals surface area contributed by atoms with Crippen LogP contribution in [-0.4, -0.2) is 69.1 Å². The number of anilines is 1. The number of Topliss-reactive ketones (excluding diaryl/α,β-unsaturated/α-hetero) is 1. The van der Waals surface area contributed by atoms with Gasteiger partial charge in [-0.3, -0.25) is 14.5 Å². The Balaban J connectivity index is 1.10. The first kappa shape index (κ1) is 23.1. The quantitative estimate of drug-likeness (QED) is 0.467. The number of fused-ring (bicyclic) bond motifs is 1. The molecule has 2 aromatic carbocycles. The molecule has 2 aliphatic heterocycles. The van der Waals surface area contributed by atoms with Crippen molar-refractivity contribution in [3.8, 4) is 11.5 Å². The van der Waals surface area contributed by atoms with Crippen molar-refractivity contribution in [2.75, 3.05) is 57.4 Å². The van der Waals surface area contributed by atoms with Crippen LogP contribution in [0, 0.1) is 6.92 Å². The molecule has 176 valence electrons. The van der Waals surface area contributed by atoms with E-state index in [9.17, 15) is 9.59 Å². The van der Waals surface area contributed by atoms with Crippen molar-refractivity contribution in [2.45, 2.75) is 26.2 Å². The van der Waals surface area contributed by atoms with Gasteiger partial charge in [0.15, 0.2) is 17.3 Å². The number of nitrogens with one attached hydrogen (secondary N) is 1. The van der Waals surface area contributed by atoms with Crippen LogP contribution in [-0.2, 0) is 4.79 Å². The average Bonchev–Trinajstić information content (AvgIpc) is 2.85. The standard InChI is InChI=1S/C26H33N3O4/c1-20-4-2-5-22(18-20)29-14-12-28(13-15-29)11-3-10-27-26(31)9-7-23(30)21-6-8-24-25(19-21)33-17-16-32-24/h2,4-6,8,18-19H,3,7,9-17H2,1H3,(H,27,31). The van der Waals surface area contributed by atoms with Crippen molar-refractivity contribution >= 4 is 17.4 Å². The van der Waals surface area contributed by atoms with Crippen LogP contribution < -0.4 is 19.7 Å². The van der Waals surface area contributed by atoms with Crippen molar-refractivity contribution in [2.24, 2.45) is 0 Å². The van der Waals surface area contributed by atoms with Crippen LogP contribution in [0.3, 0.4) is 0 Å². The molecule has 7 heteroatoms. The number of hydrogen-bond acceptors (Lipinski definition) is 6. The summed E-state index contributed by atoms with van der Waals surface area (Å²) in [6.07, 6.45) is 1.29. The lowest BCUT2D eigenvalue weighted by atomic mass is 10.1. The molecule has 2 aromatic rings.